The number of halogens is 4. The van der Waals surface area contributed by atoms with Gasteiger partial charge in [0.15, 0.2) is 23.3 Å². The summed E-state index contributed by atoms with van der Waals surface area (Å²) in [6.45, 7) is -0.120. The number of amides is 1. The van der Waals surface area contributed by atoms with Gasteiger partial charge in [-0.1, -0.05) is 6.07 Å². The van der Waals surface area contributed by atoms with Gasteiger partial charge in [0.25, 0.3) is 5.91 Å². The summed E-state index contributed by atoms with van der Waals surface area (Å²) < 4.78 is 85.4. The van der Waals surface area contributed by atoms with Crippen LogP contribution in [0.1, 0.15) is 16.1 Å². The number of rotatable bonds is 6. The molecule has 152 valence electrons. The number of hydrogen-bond donors (Lipinski definition) is 2. The van der Waals surface area contributed by atoms with Gasteiger partial charge < -0.3 is 9.73 Å². The van der Waals surface area contributed by atoms with Crippen molar-refractivity contribution < 1.29 is 35.2 Å². The van der Waals surface area contributed by atoms with Crippen LogP contribution in [-0.4, -0.2) is 14.3 Å². The zero-order chi connectivity index (χ0) is 21.2. The number of carbonyl (C=O) groups is 1. The Morgan fingerprint density at radius 1 is 0.966 bits per heavy atom. The average Bonchev–Trinajstić information content (AvgIpc) is 3.21. The third kappa shape index (κ3) is 4.46. The Balaban J connectivity index is 1.80. The number of anilines is 1. The lowest BCUT2D eigenvalue weighted by molar-refractivity contribution is 0.102. The lowest BCUT2D eigenvalue weighted by Crippen LogP contribution is -2.23. The fourth-order valence-corrected chi connectivity index (χ4v) is 3.38. The van der Waals surface area contributed by atoms with Gasteiger partial charge in [0.1, 0.15) is 5.76 Å². The second kappa shape index (κ2) is 8.05. The van der Waals surface area contributed by atoms with Crippen molar-refractivity contribution in [2.24, 2.45) is 0 Å². The summed E-state index contributed by atoms with van der Waals surface area (Å²) in [5.41, 5.74) is -1.17. The van der Waals surface area contributed by atoms with Crippen molar-refractivity contribution in [3.63, 3.8) is 0 Å². The monoisotopic (exact) mass is 428 g/mol. The minimum absolute atomic E-state index is 0.0968. The van der Waals surface area contributed by atoms with Crippen molar-refractivity contribution in [2.45, 2.75) is 11.4 Å². The molecule has 0 unspecified atom stereocenters. The maximum atomic E-state index is 13.7. The van der Waals surface area contributed by atoms with E-state index in [2.05, 4.69) is 10.0 Å². The number of carbonyl (C=O) groups excluding carboxylic acids is 1. The number of hydrogen-bond acceptors (Lipinski definition) is 4. The molecule has 0 bridgehead atoms. The van der Waals surface area contributed by atoms with Gasteiger partial charge in [0.2, 0.25) is 10.0 Å². The smallest absolute Gasteiger partial charge is 0.258 e. The molecule has 6 nitrogen and oxygen atoms in total. The average molecular weight is 428 g/mol. The molecule has 0 spiro atoms. The molecule has 3 rings (SSSR count). The van der Waals surface area contributed by atoms with Gasteiger partial charge in [0, 0.05) is 5.69 Å². The van der Waals surface area contributed by atoms with E-state index >= 15 is 0 Å². The van der Waals surface area contributed by atoms with E-state index in [1.165, 1.54) is 24.5 Å². The standard InChI is InChI=1S/C18H12F4N2O4S/c19-14-8-13(15(20)17(22)16(14)21)18(25)24-10-3-1-5-12(7-10)29(26,27)23-9-11-4-2-6-28-11/h1-8,23H,9H2,(H,24,25). The highest BCUT2D eigenvalue weighted by atomic mass is 32.2. The first-order chi connectivity index (χ1) is 13.7. The molecule has 2 N–H and O–H groups in total. The zero-order valence-electron chi connectivity index (χ0n) is 14.4. The molecule has 1 amide bonds. The first-order valence-corrected chi connectivity index (χ1v) is 9.44. The second-order valence-corrected chi connectivity index (χ2v) is 7.50. The highest BCUT2D eigenvalue weighted by molar-refractivity contribution is 7.89. The van der Waals surface area contributed by atoms with Crippen molar-refractivity contribution in [1.29, 1.82) is 0 Å². The Labute approximate surface area is 162 Å². The Hall–Kier alpha value is -3.18. The molecule has 1 heterocycles. The lowest BCUT2D eigenvalue weighted by atomic mass is 10.1. The van der Waals surface area contributed by atoms with E-state index in [1.807, 2.05) is 0 Å². The quantitative estimate of drug-likeness (QED) is 0.357. The summed E-state index contributed by atoms with van der Waals surface area (Å²) in [5.74, 6) is -8.71. The van der Waals surface area contributed by atoms with Gasteiger partial charge >= 0.3 is 0 Å². The van der Waals surface area contributed by atoms with E-state index in [1.54, 1.807) is 12.1 Å². The number of furan rings is 1. The molecule has 1 aromatic heterocycles. The number of sulfonamides is 1. The molecule has 0 aliphatic carbocycles. The highest BCUT2D eigenvalue weighted by Gasteiger charge is 2.23. The van der Waals surface area contributed by atoms with Crippen LogP contribution in [0.25, 0.3) is 0 Å². The molecule has 0 radical (unpaired) electrons. The van der Waals surface area contributed by atoms with E-state index in [9.17, 15) is 30.8 Å². The van der Waals surface area contributed by atoms with E-state index < -0.39 is 44.8 Å². The molecule has 0 fully saturated rings. The van der Waals surface area contributed by atoms with Crippen molar-refractivity contribution in [2.75, 3.05) is 5.32 Å². The summed E-state index contributed by atoms with van der Waals surface area (Å²) in [6.07, 6.45) is 1.38. The molecule has 0 saturated heterocycles. The maximum absolute atomic E-state index is 13.7. The predicted molar refractivity (Wildman–Crippen MR) is 93.4 cm³/mol. The number of benzene rings is 2. The predicted octanol–water partition coefficient (Wildman–Crippen LogP) is 3.57. The van der Waals surface area contributed by atoms with Crippen LogP contribution in [0.3, 0.4) is 0 Å². The van der Waals surface area contributed by atoms with Crippen molar-refractivity contribution in [3.8, 4) is 0 Å². The van der Waals surface area contributed by atoms with Gasteiger partial charge in [-0.05, 0) is 36.4 Å². The second-order valence-electron chi connectivity index (χ2n) is 5.73. The summed E-state index contributed by atoms with van der Waals surface area (Å²) in [6, 6.07) is 8.20. The van der Waals surface area contributed by atoms with Gasteiger partial charge in [-0.25, -0.2) is 30.7 Å². The normalized spacial score (nSPS) is 11.4. The van der Waals surface area contributed by atoms with Crippen LogP contribution in [0.4, 0.5) is 23.2 Å². The Morgan fingerprint density at radius 2 is 1.72 bits per heavy atom. The van der Waals surface area contributed by atoms with E-state index in [4.69, 9.17) is 4.42 Å². The summed E-state index contributed by atoms with van der Waals surface area (Å²) in [4.78, 5) is 11.9. The molecule has 0 saturated carbocycles. The van der Waals surface area contributed by atoms with Crippen LogP contribution in [-0.2, 0) is 16.6 Å². The molecular weight excluding hydrogens is 416 g/mol. The lowest BCUT2D eigenvalue weighted by Gasteiger charge is -2.10. The van der Waals surface area contributed by atoms with Crippen LogP contribution >= 0.6 is 0 Å². The molecule has 3 aromatic rings. The van der Waals surface area contributed by atoms with Crippen LogP contribution in [0.5, 0.6) is 0 Å². The minimum Gasteiger partial charge on any atom is -0.468 e. The van der Waals surface area contributed by atoms with Crippen molar-refractivity contribution >= 4 is 21.6 Å². The summed E-state index contributed by atoms with van der Waals surface area (Å²) >= 11 is 0. The summed E-state index contributed by atoms with van der Waals surface area (Å²) in [5, 5.41) is 2.11. The highest BCUT2D eigenvalue weighted by Crippen LogP contribution is 2.21. The van der Waals surface area contributed by atoms with Crippen LogP contribution in [0.15, 0.2) is 58.0 Å². The van der Waals surface area contributed by atoms with E-state index in [0.717, 1.165) is 6.07 Å². The molecule has 0 aliphatic heterocycles. The largest absolute Gasteiger partial charge is 0.468 e. The molecule has 0 atom stereocenters. The third-order valence-corrected chi connectivity index (χ3v) is 5.16. The van der Waals surface area contributed by atoms with Gasteiger partial charge in [-0.3, -0.25) is 4.79 Å². The Bertz CT molecular complexity index is 1160. The van der Waals surface area contributed by atoms with Gasteiger partial charge in [0.05, 0.1) is 23.3 Å². The maximum Gasteiger partial charge on any atom is 0.258 e. The van der Waals surface area contributed by atoms with Gasteiger partial charge in [-0.15, -0.1) is 0 Å². The van der Waals surface area contributed by atoms with Crippen LogP contribution in [0, 0.1) is 23.3 Å². The zero-order valence-corrected chi connectivity index (χ0v) is 15.2. The molecule has 11 heteroatoms. The first-order valence-electron chi connectivity index (χ1n) is 7.95. The molecule has 0 aliphatic rings. The molecule has 29 heavy (non-hydrogen) atoms. The van der Waals surface area contributed by atoms with Crippen LogP contribution in [0.2, 0.25) is 0 Å². The summed E-state index contributed by atoms with van der Waals surface area (Å²) in [7, 11) is -3.99. The fraction of sp³-hybridized carbons (Fsp3) is 0.0556. The SMILES string of the molecule is O=C(Nc1cccc(S(=O)(=O)NCc2ccco2)c1)c1cc(F)c(F)c(F)c1F. The molecule has 2 aromatic carbocycles. The molecular formula is C18H12F4N2O4S. The number of nitrogens with one attached hydrogen (secondary N) is 2. The van der Waals surface area contributed by atoms with Crippen molar-refractivity contribution in [1.82, 2.24) is 4.72 Å². The topological polar surface area (TPSA) is 88.4 Å². The van der Waals surface area contributed by atoms with E-state index in [0.29, 0.717) is 5.76 Å². The van der Waals surface area contributed by atoms with Crippen LogP contribution < -0.4 is 10.0 Å². The van der Waals surface area contributed by atoms with E-state index in [-0.39, 0.29) is 23.2 Å². The fourth-order valence-electron chi connectivity index (χ4n) is 2.34. The first kappa shape index (κ1) is 20.6. The van der Waals surface area contributed by atoms with Gasteiger partial charge in [-0.2, -0.15) is 0 Å². The van der Waals surface area contributed by atoms with Crippen molar-refractivity contribution in [3.05, 3.63) is 83.3 Å². The Morgan fingerprint density at radius 3 is 2.41 bits per heavy atom. The third-order valence-electron chi connectivity index (χ3n) is 3.77. The minimum atomic E-state index is -3.99. The Kier molecular flexibility index (Phi) is 5.71.